The molecule has 1 fully saturated rings. The summed E-state index contributed by atoms with van der Waals surface area (Å²) < 4.78 is 5.75. The number of rotatable bonds is 4. The van der Waals surface area contributed by atoms with E-state index in [-0.39, 0.29) is 18.1 Å². The molecule has 0 aromatic carbocycles. The van der Waals surface area contributed by atoms with Crippen molar-refractivity contribution in [2.75, 3.05) is 18.4 Å². The van der Waals surface area contributed by atoms with Crippen molar-refractivity contribution in [2.24, 2.45) is 0 Å². The molecule has 2 aromatic heterocycles. The first-order valence-corrected chi connectivity index (χ1v) is 11.3. The third kappa shape index (κ3) is 5.12. The monoisotopic (exact) mass is 436 g/mol. The number of hydrogen-bond donors (Lipinski definition) is 1. The van der Waals surface area contributed by atoms with Gasteiger partial charge in [0.05, 0.1) is 5.56 Å². The van der Waals surface area contributed by atoms with E-state index in [1.54, 1.807) is 29.4 Å². The number of anilines is 1. The molecule has 0 spiro atoms. The maximum atomic E-state index is 12.4. The highest BCUT2D eigenvalue weighted by Gasteiger charge is 2.29. The van der Waals surface area contributed by atoms with Gasteiger partial charge in [0.2, 0.25) is 5.91 Å². The van der Waals surface area contributed by atoms with Crippen LogP contribution < -0.4 is 5.32 Å². The largest absolute Gasteiger partial charge is 0.446 e. The first kappa shape index (κ1) is 21.1. The third-order valence-corrected chi connectivity index (χ3v) is 6.73. The van der Waals surface area contributed by atoms with Crippen LogP contribution in [0.5, 0.6) is 0 Å². The molecule has 1 aliphatic heterocycles. The first-order valence-electron chi connectivity index (χ1n) is 10.5. The van der Waals surface area contributed by atoms with E-state index in [0.717, 1.165) is 48.4 Å². The summed E-state index contributed by atoms with van der Waals surface area (Å²) in [6, 6.07) is 5.89. The summed E-state index contributed by atoms with van der Waals surface area (Å²) in [5, 5.41) is 13.0. The quantitative estimate of drug-likeness (QED) is 0.727. The van der Waals surface area contributed by atoms with Crippen molar-refractivity contribution in [2.45, 2.75) is 44.6 Å². The topological polar surface area (TPSA) is 95.3 Å². The second kappa shape index (κ2) is 9.75. The number of nitrogens with one attached hydrogen (secondary N) is 1. The predicted octanol–water partition coefficient (Wildman–Crippen LogP) is 4.15. The summed E-state index contributed by atoms with van der Waals surface area (Å²) in [6.45, 7) is 1.52. The number of thiophene rings is 1. The van der Waals surface area contributed by atoms with Crippen molar-refractivity contribution in [3.05, 3.63) is 52.2 Å². The van der Waals surface area contributed by atoms with E-state index < -0.39 is 0 Å². The normalized spacial score (nSPS) is 18.3. The predicted molar refractivity (Wildman–Crippen MR) is 119 cm³/mol. The maximum Gasteiger partial charge on any atom is 0.410 e. The average Bonchev–Trinajstić information content (AvgIpc) is 3.15. The van der Waals surface area contributed by atoms with E-state index in [1.807, 2.05) is 6.07 Å². The number of carbonyl (C=O) groups excluding carboxylic acids is 2. The Kier molecular flexibility index (Phi) is 6.63. The van der Waals surface area contributed by atoms with Crippen LogP contribution in [0.2, 0.25) is 0 Å². The molecule has 0 bridgehead atoms. The van der Waals surface area contributed by atoms with Crippen LogP contribution in [0.15, 0.2) is 30.6 Å². The van der Waals surface area contributed by atoms with E-state index in [9.17, 15) is 14.9 Å². The van der Waals surface area contributed by atoms with Crippen LogP contribution in [0.4, 0.5) is 9.80 Å². The van der Waals surface area contributed by atoms with Crippen LogP contribution in [0.3, 0.4) is 0 Å². The summed E-state index contributed by atoms with van der Waals surface area (Å²) in [7, 11) is 0. The molecular weight excluding hydrogens is 412 g/mol. The van der Waals surface area contributed by atoms with Crippen LogP contribution in [-0.2, 0) is 22.4 Å². The van der Waals surface area contributed by atoms with Gasteiger partial charge in [0.1, 0.15) is 17.2 Å². The summed E-state index contributed by atoms with van der Waals surface area (Å²) >= 11 is 1.40. The number of aromatic nitrogens is 1. The average molecular weight is 437 g/mol. The molecule has 1 saturated heterocycles. The van der Waals surface area contributed by atoms with Crippen LogP contribution in [-0.4, -0.2) is 41.1 Å². The highest BCUT2D eigenvalue weighted by Crippen LogP contribution is 2.38. The van der Waals surface area contributed by atoms with E-state index in [1.165, 1.54) is 17.4 Å². The lowest BCUT2D eigenvalue weighted by Crippen LogP contribution is -2.39. The zero-order valence-electron chi connectivity index (χ0n) is 17.2. The van der Waals surface area contributed by atoms with Crippen molar-refractivity contribution >= 4 is 34.4 Å². The van der Waals surface area contributed by atoms with Crippen LogP contribution in [0.25, 0.3) is 6.08 Å². The fourth-order valence-electron chi connectivity index (χ4n) is 3.96. The molecule has 0 radical (unpaired) electrons. The number of nitriles is 1. The second-order valence-corrected chi connectivity index (χ2v) is 8.83. The van der Waals surface area contributed by atoms with Gasteiger partial charge in [0, 0.05) is 42.9 Å². The minimum absolute atomic E-state index is 0.193. The summed E-state index contributed by atoms with van der Waals surface area (Å²) in [6.07, 6.45) is 11.2. The highest BCUT2D eigenvalue weighted by atomic mass is 32.1. The van der Waals surface area contributed by atoms with Gasteiger partial charge in [0.15, 0.2) is 0 Å². The van der Waals surface area contributed by atoms with Crippen LogP contribution >= 0.6 is 11.3 Å². The van der Waals surface area contributed by atoms with Gasteiger partial charge < -0.3 is 15.0 Å². The van der Waals surface area contributed by atoms with Gasteiger partial charge in [-0.15, -0.1) is 11.3 Å². The van der Waals surface area contributed by atoms with Gasteiger partial charge >= 0.3 is 6.09 Å². The smallest absolute Gasteiger partial charge is 0.410 e. The van der Waals surface area contributed by atoms with Crippen molar-refractivity contribution < 1.29 is 14.3 Å². The number of pyridine rings is 1. The van der Waals surface area contributed by atoms with E-state index in [4.69, 9.17) is 4.74 Å². The molecule has 1 atom stereocenters. The molecule has 0 saturated carbocycles. The number of fused-ring (bicyclic) bond motifs is 1. The van der Waals surface area contributed by atoms with Crippen molar-refractivity contribution in [3.63, 3.8) is 0 Å². The van der Waals surface area contributed by atoms with Gasteiger partial charge in [0.25, 0.3) is 0 Å². The third-order valence-electron chi connectivity index (χ3n) is 5.56. The van der Waals surface area contributed by atoms with Gasteiger partial charge in [-0.25, -0.2) is 4.79 Å². The fourth-order valence-corrected chi connectivity index (χ4v) is 5.22. The Morgan fingerprint density at radius 2 is 2.16 bits per heavy atom. The van der Waals surface area contributed by atoms with Crippen molar-refractivity contribution in [1.29, 1.82) is 5.26 Å². The second-order valence-electron chi connectivity index (χ2n) is 7.72. The van der Waals surface area contributed by atoms with Gasteiger partial charge in [-0.05, 0) is 55.4 Å². The van der Waals surface area contributed by atoms with E-state index in [0.29, 0.717) is 29.8 Å². The number of amides is 2. The molecule has 1 unspecified atom stereocenters. The lowest BCUT2D eigenvalue weighted by atomic mass is 9.94. The van der Waals surface area contributed by atoms with Crippen LogP contribution in [0, 0.1) is 11.3 Å². The number of nitrogens with zero attached hydrogens (tertiary/aromatic N) is 3. The zero-order chi connectivity index (χ0) is 21.6. The fraction of sp³-hybridized carbons (Fsp3) is 0.391. The maximum absolute atomic E-state index is 12.4. The van der Waals surface area contributed by atoms with Gasteiger partial charge in [-0.1, -0.05) is 6.07 Å². The molecule has 31 heavy (non-hydrogen) atoms. The van der Waals surface area contributed by atoms with Crippen molar-refractivity contribution in [1.82, 2.24) is 9.88 Å². The Morgan fingerprint density at radius 1 is 1.32 bits per heavy atom. The standard InChI is InChI=1S/C23H24N4O3S/c24-14-19-18-8-7-17(30-23(29)27-11-2-1-3-12-27)13-20(18)31-22(19)26-21(28)9-6-16-5-4-10-25-15-16/h4-6,9-10,15,17H,1-3,7-8,11-13H2,(H,26,28)/b9-6+. The minimum atomic E-state index is -0.299. The molecule has 1 aliphatic carbocycles. The molecule has 8 heteroatoms. The zero-order valence-corrected chi connectivity index (χ0v) is 18.0. The Hall–Kier alpha value is -3.18. The SMILES string of the molecule is N#Cc1c(NC(=O)/C=C/c2cccnc2)sc2c1CCC(OC(=O)N1CCCCC1)C2. The van der Waals surface area contributed by atoms with Gasteiger partial charge in [-0.2, -0.15) is 5.26 Å². The number of piperidine rings is 1. The Balaban J connectivity index is 1.41. The Morgan fingerprint density at radius 3 is 2.90 bits per heavy atom. The van der Waals surface area contributed by atoms with E-state index >= 15 is 0 Å². The number of hydrogen-bond acceptors (Lipinski definition) is 6. The first-order chi connectivity index (χ1) is 15.1. The Labute approximate surface area is 185 Å². The Bertz CT molecular complexity index is 1020. The lowest BCUT2D eigenvalue weighted by Gasteiger charge is -2.29. The lowest BCUT2D eigenvalue weighted by molar-refractivity contribution is -0.111. The summed E-state index contributed by atoms with van der Waals surface area (Å²) in [4.78, 5) is 31.6. The molecule has 2 aliphatic rings. The van der Waals surface area contributed by atoms with Crippen LogP contribution in [0.1, 0.15) is 47.3 Å². The van der Waals surface area contributed by atoms with E-state index in [2.05, 4.69) is 16.4 Å². The number of likely N-dealkylation sites (tertiary alicyclic amines) is 1. The molecule has 3 heterocycles. The molecule has 1 N–H and O–H groups in total. The molecule has 2 amide bonds. The summed E-state index contributed by atoms with van der Waals surface area (Å²) in [5.41, 5.74) is 2.30. The van der Waals surface area contributed by atoms with Gasteiger partial charge in [-0.3, -0.25) is 9.78 Å². The highest BCUT2D eigenvalue weighted by molar-refractivity contribution is 7.16. The minimum Gasteiger partial charge on any atom is -0.446 e. The molecule has 2 aromatic rings. The molecule has 160 valence electrons. The summed E-state index contributed by atoms with van der Waals surface area (Å²) in [5.74, 6) is -0.299. The van der Waals surface area contributed by atoms with Crippen molar-refractivity contribution in [3.8, 4) is 6.07 Å². The number of carbonyl (C=O) groups is 2. The molecular formula is C23H24N4O3S. The number of ether oxygens (including phenoxy) is 1. The molecule has 7 nitrogen and oxygen atoms in total. The molecule has 4 rings (SSSR count).